The summed E-state index contributed by atoms with van der Waals surface area (Å²) in [5, 5.41) is 3.31. The van der Waals surface area contributed by atoms with Gasteiger partial charge >= 0.3 is 0 Å². The SMILES string of the molecule is Cc1oc2nc[nH]c(=O)c2c1C(=O)N[C@@H]1CCCCc2ccccc21. The summed E-state index contributed by atoms with van der Waals surface area (Å²) in [5.41, 5.74) is 2.52. The number of fused-ring (bicyclic) bond motifs is 2. The Bertz CT molecular complexity index is 1000. The number of aryl methyl sites for hydroxylation is 2. The van der Waals surface area contributed by atoms with E-state index in [2.05, 4.69) is 27.4 Å². The van der Waals surface area contributed by atoms with Crippen LogP contribution in [0.25, 0.3) is 11.1 Å². The molecule has 0 aliphatic heterocycles. The number of nitrogens with one attached hydrogen (secondary N) is 2. The van der Waals surface area contributed by atoms with Crippen LogP contribution in [-0.4, -0.2) is 15.9 Å². The van der Waals surface area contributed by atoms with Gasteiger partial charge in [-0.2, -0.15) is 0 Å². The second-order valence-corrected chi connectivity index (χ2v) is 6.42. The van der Waals surface area contributed by atoms with Gasteiger partial charge in [0.2, 0.25) is 5.71 Å². The molecule has 0 bridgehead atoms. The Morgan fingerprint density at radius 3 is 3.04 bits per heavy atom. The van der Waals surface area contributed by atoms with E-state index in [9.17, 15) is 9.59 Å². The van der Waals surface area contributed by atoms with Gasteiger partial charge in [0.05, 0.1) is 17.9 Å². The molecule has 1 aliphatic carbocycles. The third kappa shape index (κ3) is 2.73. The van der Waals surface area contributed by atoms with Crippen LogP contribution in [0, 0.1) is 6.92 Å². The lowest BCUT2D eigenvalue weighted by Crippen LogP contribution is -2.29. The average Bonchev–Trinajstić information content (AvgIpc) is 2.82. The summed E-state index contributed by atoms with van der Waals surface area (Å²) in [6, 6.07) is 8.15. The molecule has 2 heterocycles. The van der Waals surface area contributed by atoms with Crippen molar-refractivity contribution in [2.24, 2.45) is 0 Å². The van der Waals surface area contributed by atoms with Crippen LogP contribution in [0.1, 0.15) is 52.5 Å². The van der Waals surface area contributed by atoms with Crippen LogP contribution in [0.2, 0.25) is 0 Å². The zero-order chi connectivity index (χ0) is 17.4. The Morgan fingerprint density at radius 1 is 1.32 bits per heavy atom. The number of H-pyrrole nitrogens is 1. The fourth-order valence-corrected chi connectivity index (χ4v) is 3.63. The monoisotopic (exact) mass is 337 g/mol. The minimum atomic E-state index is -0.367. The maximum Gasteiger partial charge on any atom is 0.262 e. The summed E-state index contributed by atoms with van der Waals surface area (Å²) in [7, 11) is 0. The van der Waals surface area contributed by atoms with E-state index < -0.39 is 0 Å². The van der Waals surface area contributed by atoms with Gasteiger partial charge in [0.1, 0.15) is 11.1 Å². The first-order valence-corrected chi connectivity index (χ1v) is 8.50. The molecule has 6 heteroatoms. The van der Waals surface area contributed by atoms with Gasteiger partial charge in [0.25, 0.3) is 11.5 Å². The maximum absolute atomic E-state index is 12.9. The van der Waals surface area contributed by atoms with E-state index in [1.165, 1.54) is 11.9 Å². The number of amides is 1. The lowest BCUT2D eigenvalue weighted by atomic mass is 9.98. The second-order valence-electron chi connectivity index (χ2n) is 6.42. The zero-order valence-corrected chi connectivity index (χ0v) is 14.0. The fraction of sp³-hybridized carbons (Fsp3) is 0.316. The van der Waals surface area contributed by atoms with E-state index in [1.54, 1.807) is 6.92 Å². The fourth-order valence-electron chi connectivity index (χ4n) is 3.63. The molecule has 0 spiro atoms. The van der Waals surface area contributed by atoms with Crippen molar-refractivity contribution in [2.45, 2.75) is 38.6 Å². The summed E-state index contributed by atoms with van der Waals surface area (Å²) in [6.07, 6.45) is 5.34. The van der Waals surface area contributed by atoms with Gasteiger partial charge in [-0.15, -0.1) is 0 Å². The Morgan fingerprint density at radius 2 is 2.16 bits per heavy atom. The molecule has 0 saturated heterocycles. The molecule has 0 fully saturated rings. The molecule has 0 unspecified atom stereocenters. The van der Waals surface area contributed by atoms with Crippen molar-refractivity contribution in [3.05, 3.63) is 63.4 Å². The van der Waals surface area contributed by atoms with Crippen molar-refractivity contribution in [1.29, 1.82) is 0 Å². The highest BCUT2D eigenvalue weighted by Gasteiger charge is 2.25. The van der Waals surface area contributed by atoms with Gasteiger partial charge in [-0.3, -0.25) is 9.59 Å². The molecule has 0 saturated carbocycles. The number of carbonyl (C=O) groups is 1. The van der Waals surface area contributed by atoms with Crippen LogP contribution in [0.4, 0.5) is 0 Å². The molecule has 3 aromatic rings. The van der Waals surface area contributed by atoms with Gasteiger partial charge < -0.3 is 14.7 Å². The lowest BCUT2D eigenvalue weighted by Gasteiger charge is -2.19. The van der Waals surface area contributed by atoms with Gasteiger partial charge in [0, 0.05) is 0 Å². The molecule has 1 amide bonds. The van der Waals surface area contributed by atoms with E-state index in [-0.39, 0.29) is 34.2 Å². The lowest BCUT2D eigenvalue weighted by molar-refractivity contribution is 0.0934. The summed E-state index contributed by atoms with van der Waals surface area (Å²) in [4.78, 5) is 31.6. The summed E-state index contributed by atoms with van der Waals surface area (Å²) < 4.78 is 5.49. The van der Waals surface area contributed by atoms with E-state index in [4.69, 9.17) is 4.42 Å². The standard InChI is InChI=1S/C19H19N3O3/c1-11-15(16-17(23)20-10-21-19(16)25-11)18(24)22-14-9-5-3-7-12-6-2-4-8-13(12)14/h2,4,6,8,10,14H,3,5,7,9H2,1H3,(H,22,24)(H,20,21,23)/t14-/m1/s1. The number of hydrogen-bond donors (Lipinski definition) is 2. The van der Waals surface area contributed by atoms with Gasteiger partial charge in [0.15, 0.2) is 0 Å². The van der Waals surface area contributed by atoms with Crippen LogP contribution in [-0.2, 0) is 6.42 Å². The quantitative estimate of drug-likeness (QED) is 0.704. The number of hydrogen-bond acceptors (Lipinski definition) is 4. The Balaban J connectivity index is 1.72. The predicted octanol–water partition coefficient (Wildman–Crippen LogP) is 3.02. The molecule has 1 atom stereocenters. The average molecular weight is 337 g/mol. The minimum absolute atomic E-state index is 0.0636. The molecular weight excluding hydrogens is 318 g/mol. The highest BCUT2D eigenvalue weighted by molar-refractivity contribution is 6.06. The molecule has 2 aromatic heterocycles. The number of benzene rings is 1. The van der Waals surface area contributed by atoms with Crippen molar-refractivity contribution in [2.75, 3.05) is 0 Å². The Labute approximate surface area is 144 Å². The number of carbonyl (C=O) groups excluding carboxylic acids is 1. The van der Waals surface area contributed by atoms with Crippen molar-refractivity contribution < 1.29 is 9.21 Å². The van der Waals surface area contributed by atoms with Crippen LogP contribution < -0.4 is 10.9 Å². The molecule has 4 rings (SSSR count). The van der Waals surface area contributed by atoms with Crippen molar-refractivity contribution in [3.63, 3.8) is 0 Å². The molecule has 2 N–H and O–H groups in total. The third-order valence-electron chi connectivity index (χ3n) is 4.82. The molecule has 0 radical (unpaired) electrons. The molecule has 1 aromatic carbocycles. The summed E-state index contributed by atoms with van der Waals surface area (Å²) in [6.45, 7) is 1.68. The molecular formula is C19H19N3O3. The van der Waals surface area contributed by atoms with Crippen molar-refractivity contribution >= 4 is 17.0 Å². The van der Waals surface area contributed by atoms with E-state index in [1.807, 2.05) is 12.1 Å². The number of aromatic amines is 1. The summed E-state index contributed by atoms with van der Waals surface area (Å²) in [5.74, 6) is 0.107. The molecule has 128 valence electrons. The smallest absolute Gasteiger partial charge is 0.262 e. The van der Waals surface area contributed by atoms with Crippen LogP contribution in [0.3, 0.4) is 0 Å². The first-order chi connectivity index (χ1) is 12.1. The number of aromatic nitrogens is 2. The van der Waals surface area contributed by atoms with Crippen LogP contribution >= 0.6 is 0 Å². The first kappa shape index (κ1) is 15.6. The first-order valence-electron chi connectivity index (χ1n) is 8.50. The third-order valence-corrected chi connectivity index (χ3v) is 4.82. The zero-order valence-electron chi connectivity index (χ0n) is 14.0. The molecule has 6 nitrogen and oxygen atoms in total. The van der Waals surface area contributed by atoms with Gasteiger partial charge in [-0.05, 0) is 37.3 Å². The maximum atomic E-state index is 12.9. The van der Waals surface area contributed by atoms with E-state index in [0.29, 0.717) is 5.76 Å². The topological polar surface area (TPSA) is 88.0 Å². The largest absolute Gasteiger partial charge is 0.442 e. The predicted molar refractivity (Wildman–Crippen MR) is 93.6 cm³/mol. The van der Waals surface area contributed by atoms with E-state index in [0.717, 1.165) is 31.2 Å². The number of furan rings is 1. The molecule has 1 aliphatic rings. The Kier molecular flexibility index (Phi) is 3.87. The number of rotatable bonds is 2. The molecule has 25 heavy (non-hydrogen) atoms. The minimum Gasteiger partial charge on any atom is -0.442 e. The van der Waals surface area contributed by atoms with Gasteiger partial charge in [-0.1, -0.05) is 30.7 Å². The van der Waals surface area contributed by atoms with Crippen LogP contribution in [0.15, 0.2) is 39.8 Å². The number of nitrogens with zero attached hydrogens (tertiary/aromatic N) is 1. The van der Waals surface area contributed by atoms with Crippen LogP contribution in [0.5, 0.6) is 0 Å². The van der Waals surface area contributed by atoms with E-state index >= 15 is 0 Å². The highest BCUT2D eigenvalue weighted by Crippen LogP contribution is 2.29. The Hall–Kier alpha value is -2.89. The summed E-state index contributed by atoms with van der Waals surface area (Å²) >= 11 is 0. The highest BCUT2D eigenvalue weighted by atomic mass is 16.3. The van der Waals surface area contributed by atoms with Crippen molar-refractivity contribution in [1.82, 2.24) is 15.3 Å². The normalized spacial score (nSPS) is 17.1. The van der Waals surface area contributed by atoms with Gasteiger partial charge in [-0.25, -0.2) is 4.98 Å². The van der Waals surface area contributed by atoms with Crippen molar-refractivity contribution in [3.8, 4) is 0 Å². The second kappa shape index (κ2) is 6.20.